The minimum Gasteiger partial charge on any atom is -0.373 e. The number of amides is 1. The average Bonchev–Trinajstić information content (AvgIpc) is 3.08. The van der Waals surface area contributed by atoms with E-state index in [-0.39, 0.29) is 5.91 Å². The number of hydrogen-bond donors (Lipinski definition) is 2. The molecule has 5 heteroatoms. The number of nitrogens with one attached hydrogen (secondary N) is 2. The molecule has 0 atom stereocenters. The van der Waals surface area contributed by atoms with Crippen molar-refractivity contribution in [2.75, 3.05) is 5.32 Å². The molecule has 0 unspecified atom stereocenters. The van der Waals surface area contributed by atoms with Crippen LogP contribution in [-0.2, 0) is 16.1 Å². The van der Waals surface area contributed by atoms with Gasteiger partial charge in [0.1, 0.15) is 0 Å². The second-order valence-electron chi connectivity index (χ2n) is 6.56. The first-order valence-electron chi connectivity index (χ1n) is 8.90. The molecule has 3 aromatic rings. The summed E-state index contributed by atoms with van der Waals surface area (Å²) in [6.07, 6.45) is 9.01. The largest absolute Gasteiger partial charge is 0.373 e. The second kappa shape index (κ2) is 7.54. The Kier molecular flexibility index (Phi) is 4.80. The van der Waals surface area contributed by atoms with E-state index < -0.39 is 0 Å². The van der Waals surface area contributed by atoms with Crippen molar-refractivity contribution in [3.8, 4) is 0 Å². The van der Waals surface area contributed by atoms with Gasteiger partial charge in [-0.2, -0.15) is 5.10 Å². The van der Waals surface area contributed by atoms with Gasteiger partial charge in [-0.05, 0) is 43.0 Å². The minimum atomic E-state index is -0.161. The Morgan fingerprint density at radius 3 is 3.00 bits per heavy atom. The number of anilines is 1. The number of benzene rings is 2. The van der Waals surface area contributed by atoms with Crippen molar-refractivity contribution < 1.29 is 9.53 Å². The first-order valence-corrected chi connectivity index (χ1v) is 8.90. The SMILES string of the molecule is O=C(C=Cc1ccc2cn[nH]c2c1)Nc1ccccc1COC1CCC1. The number of para-hydroxylation sites is 1. The molecule has 0 radical (unpaired) electrons. The average molecular weight is 347 g/mol. The first-order chi connectivity index (χ1) is 12.8. The number of nitrogens with zero attached hydrogens (tertiary/aromatic N) is 1. The van der Waals surface area contributed by atoms with Gasteiger partial charge in [0.25, 0.3) is 0 Å². The van der Waals surface area contributed by atoms with Gasteiger partial charge in [-0.3, -0.25) is 9.89 Å². The molecule has 0 spiro atoms. The molecular formula is C21H21N3O2. The van der Waals surface area contributed by atoms with E-state index >= 15 is 0 Å². The fourth-order valence-electron chi connectivity index (χ4n) is 2.92. The van der Waals surface area contributed by atoms with Gasteiger partial charge < -0.3 is 10.1 Å². The second-order valence-corrected chi connectivity index (χ2v) is 6.56. The van der Waals surface area contributed by atoms with Crippen molar-refractivity contribution in [2.24, 2.45) is 0 Å². The number of carbonyl (C=O) groups is 1. The summed E-state index contributed by atoms with van der Waals surface area (Å²) in [5.74, 6) is -0.161. The van der Waals surface area contributed by atoms with E-state index in [2.05, 4.69) is 15.5 Å². The smallest absolute Gasteiger partial charge is 0.248 e. The van der Waals surface area contributed by atoms with Gasteiger partial charge in [-0.1, -0.05) is 30.3 Å². The summed E-state index contributed by atoms with van der Waals surface area (Å²) >= 11 is 0. The summed E-state index contributed by atoms with van der Waals surface area (Å²) in [5, 5.41) is 10.9. The van der Waals surface area contributed by atoms with E-state index in [9.17, 15) is 4.79 Å². The maximum atomic E-state index is 12.3. The van der Waals surface area contributed by atoms with Crippen molar-refractivity contribution in [1.82, 2.24) is 10.2 Å². The molecule has 1 aliphatic carbocycles. The Morgan fingerprint density at radius 1 is 1.27 bits per heavy atom. The number of ether oxygens (including phenoxy) is 1. The molecule has 26 heavy (non-hydrogen) atoms. The number of H-pyrrole nitrogens is 1. The van der Waals surface area contributed by atoms with E-state index in [0.717, 1.165) is 40.6 Å². The lowest BCUT2D eigenvalue weighted by Crippen LogP contribution is -2.21. The van der Waals surface area contributed by atoms with Gasteiger partial charge in [0.15, 0.2) is 0 Å². The Morgan fingerprint density at radius 2 is 2.15 bits per heavy atom. The van der Waals surface area contributed by atoms with Crippen LogP contribution in [0.2, 0.25) is 0 Å². The fraction of sp³-hybridized carbons (Fsp3) is 0.238. The van der Waals surface area contributed by atoms with Gasteiger partial charge in [0.2, 0.25) is 5.91 Å². The Bertz CT molecular complexity index is 941. The molecule has 2 N–H and O–H groups in total. The molecule has 1 heterocycles. The highest BCUT2D eigenvalue weighted by molar-refractivity contribution is 6.02. The molecule has 5 nitrogen and oxygen atoms in total. The van der Waals surface area contributed by atoms with Crippen LogP contribution in [0.25, 0.3) is 17.0 Å². The third-order valence-electron chi connectivity index (χ3n) is 4.70. The van der Waals surface area contributed by atoms with E-state index in [0.29, 0.717) is 12.7 Å². The van der Waals surface area contributed by atoms with Gasteiger partial charge in [0, 0.05) is 22.7 Å². The summed E-state index contributed by atoms with van der Waals surface area (Å²) in [5.41, 5.74) is 3.69. The Hall–Kier alpha value is -2.92. The van der Waals surface area contributed by atoms with Crippen molar-refractivity contribution in [3.63, 3.8) is 0 Å². The molecule has 1 saturated carbocycles. The maximum Gasteiger partial charge on any atom is 0.248 e. The Balaban J connectivity index is 1.40. The number of carbonyl (C=O) groups excluding carboxylic acids is 1. The van der Waals surface area contributed by atoms with Crippen LogP contribution in [0.5, 0.6) is 0 Å². The molecule has 1 fully saturated rings. The fourth-order valence-corrected chi connectivity index (χ4v) is 2.92. The summed E-state index contributed by atoms with van der Waals surface area (Å²) in [4.78, 5) is 12.3. The van der Waals surface area contributed by atoms with E-state index in [1.165, 1.54) is 6.42 Å². The predicted molar refractivity (Wildman–Crippen MR) is 103 cm³/mol. The van der Waals surface area contributed by atoms with Crippen LogP contribution in [0.1, 0.15) is 30.4 Å². The summed E-state index contributed by atoms with van der Waals surface area (Å²) in [6, 6.07) is 13.7. The summed E-state index contributed by atoms with van der Waals surface area (Å²) < 4.78 is 5.87. The lowest BCUT2D eigenvalue weighted by atomic mass is 9.96. The van der Waals surface area contributed by atoms with Crippen LogP contribution in [0.15, 0.2) is 54.7 Å². The van der Waals surface area contributed by atoms with Crippen LogP contribution in [-0.4, -0.2) is 22.2 Å². The van der Waals surface area contributed by atoms with Gasteiger partial charge >= 0.3 is 0 Å². The first kappa shape index (κ1) is 16.5. The van der Waals surface area contributed by atoms with Gasteiger partial charge in [-0.25, -0.2) is 0 Å². The van der Waals surface area contributed by atoms with Crippen molar-refractivity contribution in [2.45, 2.75) is 32.0 Å². The van der Waals surface area contributed by atoms with Gasteiger partial charge in [0.05, 0.1) is 24.4 Å². The molecule has 4 rings (SSSR count). The molecule has 1 amide bonds. The number of aromatic amines is 1. The molecular weight excluding hydrogens is 326 g/mol. The lowest BCUT2D eigenvalue weighted by Gasteiger charge is -2.26. The van der Waals surface area contributed by atoms with Crippen molar-refractivity contribution in [1.29, 1.82) is 0 Å². The maximum absolute atomic E-state index is 12.3. The minimum absolute atomic E-state index is 0.161. The number of hydrogen-bond acceptors (Lipinski definition) is 3. The highest BCUT2D eigenvalue weighted by atomic mass is 16.5. The topological polar surface area (TPSA) is 67.0 Å². The van der Waals surface area contributed by atoms with Crippen LogP contribution < -0.4 is 5.32 Å². The molecule has 0 bridgehead atoms. The van der Waals surface area contributed by atoms with Gasteiger partial charge in [-0.15, -0.1) is 0 Å². The summed E-state index contributed by atoms with van der Waals surface area (Å²) in [7, 11) is 0. The van der Waals surface area contributed by atoms with Crippen LogP contribution in [0, 0.1) is 0 Å². The highest BCUT2D eigenvalue weighted by Gasteiger charge is 2.18. The lowest BCUT2D eigenvalue weighted by molar-refractivity contribution is -0.111. The number of aromatic nitrogens is 2. The standard InChI is InChI=1S/C21H21N3O2/c25-21(11-9-15-8-10-16-13-22-24-20(16)12-15)23-19-7-2-1-4-17(19)14-26-18-5-3-6-18/h1-2,4,7-13,18H,3,5-6,14H2,(H,22,24)(H,23,25). The number of fused-ring (bicyclic) bond motifs is 1. The molecule has 1 aromatic heterocycles. The van der Waals surface area contributed by atoms with E-state index in [1.807, 2.05) is 42.5 Å². The molecule has 132 valence electrons. The predicted octanol–water partition coefficient (Wildman–Crippen LogP) is 4.28. The zero-order valence-electron chi connectivity index (χ0n) is 14.4. The third-order valence-corrected chi connectivity index (χ3v) is 4.70. The van der Waals surface area contributed by atoms with Crippen LogP contribution in [0.3, 0.4) is 0 Å². The highest BCUT2D eigenvalue weighted by Crippen LogP contribution is 2.25. The Labute approximate surface area is 152 Å². The monoisotopic (exact) mass is 347 g/mol. The quantitative estimate of drug-likeness (QED) is 0.654. The van der Waals surface area contributed by atoms with Crippen molar-refractivity contribution in [3.05, 3.63) is 65.9 Å². The van der Waals surface area contributed by atoms with Crippen molar-refractivity contribution >= 4 is 28.6 Å². The molecule has 0 saturated heterocycles. The zero-order chi connectivity index (χ0) is 17.8. The molecule has 1 aliphatic rings. The van der Waals surface area contributed by atoms with E-state index in [1.54, 1.807) is 18.3 Å². The summed E-state index contributed by atoms with van der Waals surface area (Å²) in [6.45, 7) is 0.529. The van der Waals surface area contributed by atoms with Crippen LogP contribution >= 0.6 is 0 Å². The normalized spacial score (nSPS) is 14.6. The molecule has 0 aliphatic heterocycles. The zero-order valence-corrected chi connectivity index (χ0v) is 14.4. The number of rotatable bonds is 6. The molecule has 2 aromatic carbocycles. The third kappa shape index (κ3) is 3.83. The van der Waals surface area contributed by atoms with Crippen LogP contribution in [0.4, 0.5) is 5.69 Å². The van der Waals surface area contributed by atoms with E-state index in [4.69, 9.17) is 4.74 Å².